The Morgan fingerprint density at radius 1 is 1.22 bits per heavy atom. The van der Waals surface area contributed by atoms with Gasteiger partial charge in [0.05, 0.1) is 11.1 Å². The largest absolute Gasteiger partial charge is 0.333 e. The first-order valence-electron chi connectivity index (χ1n) is 7.89. The number of thiol groups is 1. The van der Waals surface area contributed by atoms with E-state index in [1.54, 1.807) is 37.3 Å². The molecule has 1 aromatic carbocycles. The van der Waals surface area contributed by atoms with Gasteiger partial charge in [-0.25, -0.2) is 19.7 Å². The highest BCUT2D eigenvalue weighted by atomic mass is 32.1. The number of urea groups is 1. The molecule has 0 atom stereocenters. The third-order valence-electron chi connectivity index (χ3n) is 3.54. The van der Waals surface area contributed by atoms with Gasteiger partial charge in [0.1, 0.15) is 17.0 Å². The van der Waals surface area contributed by atoms with Crippen molar-refractivity contribution in [3.05, 3.63) is 52.7 Å². The highest BCUT2D eigenvalue weighted by Gasteiger charge is 2.14. The summed E-state index contributed by atoms with van der Waals surface area (Å²) in [5.74, 6) is 0.578. The number of fused-ring (bicyclic) bond motifs is 1. The number of aromatic nitrogens is 3. The molecule has 2 N–H and O–H groups in total. The molecule has 0 saturated heterocycles. The van der Waals surface area contributed by atoms with E-state index >= 15 is 0 Å². The molecule has 0 bridgehead atoms. The van der Waals surface area contributed by atoms with Crippen molar-refractivity contribution in [2.24, 2.45) is 0 Å². The number of hydrogen-bond acceptors (Lipinski definition) is 8. The number of anilines is 3. The Bertz CT molecular complexity index is 1010. The van der Waals surface area contributed by atoms with E-state index in [9.17, 15) is 14.9 Å². The van der Waals surface area contributed by atoms with Crippen LogP contribution in [0.4, 0.5) is 27.8 Å². The number of carbonyl (C=O) groups is 1. The summed E-state index contributed by atoms with van der Waals surface area (Å²) in [7, 11) is 0. The lowest BCUT2D eigenvalue weighted by atomic mass is 10.2. The first-order valence-corrected chi connectivity index (χ1v) is 8.29. The van der Waals surface area contributed by atoms with Crippen molar-refractivity contribution in [3.63, 3.8) is 0 Å². The van der Waals surface area contributed by atoms with Crippen LogP contribution < -0.4 is 10.6 Å². The van der Waals surface area contributed by atoms with Crippen LogP contribution in [-0.2, 0) is 0 Å². The number of benzene rings is 1. The molecule has 0 saturated carbocycles. The molecule has 0 unspecified atom stereocenters. The molecule has 11 heteroatoms. The number of carbonyl (C=O) groups excluding carboxylic acids is 1. The summed E-state index contributed by atoms with van der Waals surface area (Å²) in [5, 5.41) is 16.6. The number of para-hydroxylation sites is 2. The van der Waals surface area contributed by atoms with E-state index in [4.69, 9.17) is 0 Å². The molecular weight excluding hydrogens is 370 g/mol. The molecule has 3 rings (SSSR count). The van der Waals surface area contributed by atoms with Crippen molar-refractivity contribution < 1.29 is 9.72 Å². The topological polar surface area (TPSA) is 126 Å². The standard InChI is InChI=1S/C16H15N7O3S/c1-2-22(27)16(24)21-13-8-7-11-15(19-13)20-14(9-17-11)18-10-5-3-4-6-12(10)23(25)26/h3-9,27H,2H2,1H3,(H2,18,19,20,21,24). The monoisotopic (exact) mass is 385 g/mol. The Hall–Kier alpha value is -3.47. The van der Waals surface area contributed by atoms with Gasteiger partial charge >= 0.3 is 6.03 Å². The summed E-state index contributed by atoms with van der Waals surface area (Å²) >= 11 is 4.03. The van der Waals surface area contributed by atoms with Crippen LogP contribution in [0.3, 0.4) is 0 Å². The summed E-state index contributed by atoms with van der Waals surface area (Å²) in [4.78, 5) is 35.3. The summed E-state index contributed by atoms with van der Waals surface area (Å²) < 4.78 is 1.20. The second-order valence-corrected chi connectivity index (χ2v) is 5.82. The maximum absolute atomic E-state index is 11.9. The fraction of sp³-hybridized carbons (Fsp3) is 0.125. The third kappa shape index (κ3) is 4.20. The molecule has 0 fully saturated rings. The normalized spacial score (nSPS) is 10.4. The molecule has 0 spiro atoms. The number of amides is 2. The van der Waals surface area contributed by atoms with Crippen LogP contribution >= 0.6 is 12.8 Å². The van der Waals surface area contributed by atoms with Crippen molar-refractivity contribution >= 4 is 53.0 Å². The number of nitrogens with zero attached hydrogens (tertiary/aromatic N) is 5. The Kier molecular flexibility index (Phi) is 5.31. The minimum Gasteiger partial charge on any atom is -0.333 e. The van der Waals surface area contributed by atoms with Crippen LogP contribution in [0.2, 0.25) is 0 Å². The minimum absolute atomic E-state index is 0.0817. The third-order valence-corrected chi connectivity index (χ3v) is 4.00. The second kappa shape index (κ2) is 7.83. The van der Waals surface area contributed by atoms with Gasteiger partial charge in [-0.15, -0.1) is 0 Å². The van der Waals surface area contributed by atoms with Crippen LogP contribution in [0.1, 0.15) is 6.92 Å². The highest BCUT2D eigenvalue weighted by Crippen LogP contribution is 2.26. The van der Waals surface area contributed by atoms with Gasteiger partial charge in [0.25, 0.3) is 5.69 Å². The zero-order chi connectivity index (χ0) is 19.4. The van der Waals surface area contributed by atoms with E-state index in [1.807, 2.05) is 0 Å². The molecule has 0 aliphatic heterocycles. The van der Waals surface area contributed by atoms with E-state index in [2.05, 4.69) is 38.4 Å². The van der Waals surface area contributed by atoms with Gasteiger partial charge in [-0.05, 0) is 25.1 Å². The van der Waals surface area contributed by atoms with Gasteiger partial charge < -0.3 is 5.32 Å². The molecule has 0 radical (unpaired) electrons. The lowest BCUT2D eigenvalue weighted by Crippen LogP contribution is -2.27. The number of nitro groups is 1. The maximum atomic E-state index is 11.9. The highest BCUT2D eigenvalue weighted by molar-refractivity contribution is 7.78. The molecule has 2 aromatic heterocycles. The van der Waals surface area contributed by atoms with Crippen molar-refractivity contribution in [3.8, 4) is 0 Å². The summed E-state index contributed by atoms with van der Waals surface area (Å²) in [6, 6.07) is 9.05. The van der Waals surface area contributed by atoms with Crippen LogP contribution in [0, 0.1) is 10.1 Å². The molecule has 2 heterocycles. The molecule has 0 aliphatic carbocycles. The Labute approximate surface area is 159 Å². The van der Waals surface area contributed by atoms with Crippen LogP contribution in [0.25, 0.3) is 11.2 Å². The molecule has 138 valence electrons. The summed E-state index contributed by atoms with van der Waals surface area (Å²) in [6.45, 7) is 2.21. The fourth-order valence-corrected chi connectivity index (χ4v) is 2.27. The Morgan fingerprint density at radius 3 is 2.70 bits per heavy atom. The van der Waals surface area contributed by atoms with Gasteiger partial charge in [-0.3, -0.25) is 19.7 Å². The molecule has 2 amide bonds. The van der Waals surface area contributed by atoms with Gasteiger partial charge in [-0.1, -0.05) is 24.9 Å². The number of nitro benzene ring substituents is 1. The first-order chi connectivity index (χ1) is 13.0. The Morgan fingerprint density at radius 2 is 1.96 bits per heavy atom. The van der Waals surface area contributed by atoms with Crippen LogP contribution in [0.5, 0.6) is 0 Å². The zero-order valence-electron chi connectivity index (χ0n) is 14.2. The van der Waals surface area contributed by atoms with Crippen molar-refractivity contribution in [1.82, 2.24) is 19.3 Å². The van der Waals surface area contributed by atoms with Crippen LogP contribution in [0.15, 0.2) is 42.6 Å². The van der Waals surface area contributed by atoms with E-state index in [0.717, 1.165) is 0 Å². The lowest BCUT2D eigenvalue weighted by Gasteiger charge is -2.13. The maximum Gasteiger partial charge on any atom is 0.332 e. The molecular formula is C16H15N7O3S. The molecule has 27 heavy (non-hydrogen) atoms. The fourth-order valence-electron chi connectivity index (χ4n) is 2.22. The van der Waals surface area contributed by atoms with E-state index in [-0.39, 0.29) is 28.7 Å². The second-order valence-electron chi connectivity index (χ2n) is 5.34. The minimum atomic E-state index is -0.486. The number of rotatable bonds is 5. The number of nitrogens with one attached hydrogen (secondary N) is 2. The van der Waals surface area contributed by atoms with E-state index in [0.29, 0.717) is 12.1 Å². The van der Waals surface area contributed by atoms with Crippen molar-refractivity contribution in [2.45, 2.75) is 6.92 Å². The summed E-state index contributed by atoms with van der Waals surface area (Å²) in [6.07, 6.45) is 1.45. The number of pyridine rings is 1. The van der Waals surface area contributed by atoms with Crippen molar-refractivity contribution in [1.29, 1.82) is 0 Å². The predicted octanol–water partition coefficient (Wildman–Crippen LogP) is 3.38. The van der Waals surface area contributed by atoms with Gasteiger partial charge in [0.2, 0.25) is 0 Å². The van der Waals surface area contributed by atoms with Gasteiger partial charge in [-0.2, -0.15) is 0 Å². The van der Waals surface area contributed by atoms with E-state index in [1.165, 1.54) is 16.6 Å². The molecule has 0 aliphatic rings. The SMILES string of the molecule is CCN(S)C(=O)Nc1ccc2ncc(Nc3ccccc3[N+](=O)[O-])nc2n1. The first kappa shape index (κ1) is 18.3. The van der Waals surface area contributed by atoms with E-state index < -0.39 is 11.0 Å². The average Bonchev–Trinajstić information content (AvgIpc) is 2.67. The lowest BCUT2D eigenvalue weighted by molar-refractivity contribution is -0.383. The number of hydrogen-bond donors (Lipinski definition) is 3. The smallest absolute Gasteiger partial charge is 0.332 e. The molecule has 10 nitrogen and oxygen atoms in total. The van der Waals surface area contributed by atoms with Crippen molar-refractivity contribution in [2.75, 3.05) is 17.2 Å². The Balaban J connectivity index is 1.88. The quantitative estimate of drug-likeness (QED) is 0.349. The predicted molar refractivity (Wildman–Crippen MR) is 104 cm³/mol. The zero-order valence-corrected chi connectivity index (χ0v) is 15.1. The molecule has 3 aromatic rings. The summed E-state index contributed by atoms with van der Waals surface area (Å²) in [5.41, 5.74) is 0.994. The average molecular weight is 385 g/mol. The van der Waals surface area contributed by atoms with Crippen LogP contribution in [-0.4, -0.2) is 36.8 Å². The van der Waals surface area contributed by atoms with Gasteiger partial charge in [0, 0.05) is 12.6 Å². The van der Waals surface area contributed by atoms with Gasteiger partial charge in [0.15, 0.2) is 11.5 Å².